The van der Waals surface area contributed by atoms with Crippen molar-refractivity contribution in [1.29, 1.82) is 0 Å². The second-order valence-corrected chi connectivity index (χ2v) is 11.5. The zero-order valence-corrected chi connectivity index (χ0v) is 25.3. The third-order valence-electron chi connectivity index (χ3n) is 8.50. The maximum Gasteiger partial charge on any atom is 0.318 e. The highest BCUT2D eigenvalue weighted by molar-refractivity contribution is 6.36. The molecule has 4 heterocycles. The maximum atomic E-state index is 12.5. The van der Waals surface area contributed by atoms with Crippen molar-refractivity contribution in [3.05, 3.63) is 64.8 Å². The lowest BCUT2D eigenvalue weighted by molar-refractivity contribution is -0.126. The first-order chi connectivity index (χ1) is 21.0. The van der Waals surface area contributed by atoms with Gasteiger partial charge in [-0.15, -0.1) is 0 Å². The predicted octanol–water partition coefficient (Wildman–Crippen LogP) is 4.12. The van der Waals surface area contributed by atoms with Crippen LogP contribution in [0.3, 0.4) is 0 Å². The summed E-state index contributed by atoms with van der Waals surface area (Å²) in [5, 5.41) is 2.87. The van der Waals surface area contributed by atoms with Crippen LogP contribution in [0, 0.1) is 0 Å². The number of benzene rings is 2. The normalized spacial score (nSPS) is 19.7. The van der Waals surface area contributed by atoms with Gasteiger partial charge in [0.25, 0.3) is 0 Å². The summed E-state index contributed by atoms with van der Waals surface area (Å²) in [5.41, 5.74) is 3.12. The first kappa shape index (κ1) is 29.6. The van der Waals surface area contributed by atoms with Crippen molar-refractivity contribution in [2.75, 3.05) is 82.0 Å². The number of carbonyl (C=O) groups is 1. The molecule has 0 aliphatic carbocycles. The van der Waals surface area contributed by atoms with E-state index < -0.39 is 6.67 Å². The van der Waals surface area contributed by atoms with E-state index in [9.17, 15) is 9.18 Å². The summed E-state index contributed by atoms with van der Waals surface area (Å²) in [6.45, 7) is 9.00. The number of fused-ring (bicyclic) bond motifs is 2. The van der Waals surface area contributed by atoms with Gasteiger partial charge in [-0.3, -0.25) is 9.69 Å². The van der Waals surface area contributed by atoms with E-state index in [0.29, 0.717) is 51.9 Å². The molecule has 2 aromatic carbocycles. The van der Waals surface area contributed by atoms with E-state index in [4.69, 9.17) is 31.0 Å². The van der Waals surface area contributed by atoms with Crippen molar-refractivity contribution < 1.29 is 18.7 Å². The Morgan fingerprint density at radius 2 is 1.91 bits per heavy atom. The smallest absolute Gasteiger partial charge is 0.318 e. The molecule has 228 valence electrons. The van der Waals surface area contributed by atoms with Gasteiger partial charge in [0.1, 0.15) is 25.2 Å². The molecule has 43 heavy (non-hydrogen) atoms. The third kappa shape index (κ3) is 6.56. The van der Waals surface area contributed by atoms with Gasteiger partial charge in [-0.1, -0.05) is 42.8 Å². The van der Waals surface area contributed by atoms with E-state index in [1.54, 1.807) is 4.90 Å². The fourth-order valence-electron chi connectivity index (χ4n) is 6.19. The molecule has 1 amide bonds. The Balaban J connectivity index is 1.27. The molecule has 0 spiro atoms. The second kappa shape index (κ2) is 13.4. The zero-order valence-electron chi connectivity index (χ0n) is 24.6. The number of nitrogens with zero attached hydrogens (tertiary/aromatic N) is 6. The fourth-order valence-corrected chi connectivity index (χ4v) is 6.46. The molecule has 0 bridgehead atoms. The number of likely N-dealkylation sites (N-methyl/N-ethyl adjacent to an activating group) is 1. The number of carbonyl (C=O) groups excluding carboxylic acids is 1. The standard InChI is InChI=1S/C32H38ClFN6O3/c1-2-37-18-19-42-24(20-37)22-43-32-35-27-21-40(28-9-4-7-23-6-3-8-26(33)30(23)28)13-11-25(27)31(36-32)39-16-14-38(15-17-39)29(41)10-5-12-34/h3-10,24H,2,11-22H2,1H3/b10-5+. The molecule has 6 rings (SSSR count). The van der Waals surface area contributed by atoms with Crippen molar-refractivity contribution >= 4 is 39.8 Å². The van der Waals surface area contributed by atoms with Crippen LogP contribution in [0.5, 0.6) is 6.01 Å². The number of ether oxygens (including phenoxy) is 2. The Kier molecular flexibility index (Phi) is 9.25. The summed E-state index contributed by atoms with van der Waals surface area (Å²) in [5.74, 6) is 0.700. The minimum Gasteiger partial charge on any atom is -0.461 e. The maximum absolute atomic E-state index is 12.5. The van der Waals surface area contributed by atoms with Crippen molar-refractivity contribution in [3.63, 3.8) is 0 Å². The van der Waals surface area contributed by atoms with Crippen LogP contribution >= 0.6 is 11.6 Å². The Morgan fingerprint density at radius 1 is 1.09 bits per heavy atom. The number of rotatable bonds is 8. The van der Waals surface area contributed by atoms with Crippen molar-refractivity contribution in [3.8, 4) is 6.01 Å². The van der Waals surface area contributed by atoms with Gasteiger partial charge in [0.05, 0.1) is 23.9 Å². The van der Waals surface area contributed by atoms with E-state index in [0.717, 1.165) is 71.2 Å². The van der Waals surface area contributed by atoms with Crippen LogP contribution in [0.25, 0.3) is 10.8 Å². The minimum atomic E-state index is -0.647. The van der Waals surface area contributed by atoms with Crippen molar-refractivity contribution in [2.45, 2.75) is 26.0 Å². The van der Waals surface area contributed by atoms with Crippen LogP contribution in [0.2, 0.25) is 5.02 Å². The number of amides is 1. The summed E-state index contributed by atoms with van der Waals surface area (Å²) in [6.07, 6.45) is 3.29. The van der Waals surface area contributed by atoms with Gasteiger partial charge in [0.2, 0.25) is 5.91 Å². The largest absolute Gasteiger partial charge is 0.461 e. The molecular formula is C32H38ClFN6O3. The number of anilines is 2. The first-order valence-corrected chi connectivity index (χ1v) is 15.5. The molecule has 1 unspecified atom stereocenters. The van der Waals surface area contributed by atoms with Gasteiger partial charge < -0.3 is 24.2 Å². The van der Waals surface area contributed by atoms with Gasteiger partial charge in [-0.2, -0.15) is 9.97 Å². The van der Waals surface area contributed by atoms with E-state index in [1.807, 2.05) is 12.1 Å². The lowest BCUT2D eigenvalue weighted by Crippen LogP contribution is -2.49. The molecule has 11 heteroatoms. The number of hydrogen-bond donors (Lipinski definition) is 0. The molecule has 9 nitrogen and oxygen atoms in total. The average molecular weight is 609 g/mol. The molecular weight excluding hydrogens is 571 g/mol. The minimum absolute atomic E-state index is 0.0435. The Hall–Kier alpha value is -3.47. The number of piperazine rings is 1. The van der Waals surface area contributed by atoms with Gasteiger partial charge in [-0.25, -0.2) is 4.39 Å². The van der Waals surface area contributed by atoms with Crippen LogP contribution in [0.1, 0.15) is 18.2 Å². The van der Waals surface area contributed by atoms with E-state index in [1.165, 1.54) is 12.2 Å². The molecule has 2 saturated heterocycles. The quantitative estimate of drug-likeness (QED) is 0.354. The van der Waals surface area contributed by atoms with Crippen molar-refractivity contribution in [1.82, 2.24) is 19.8 Å². The van der Waals surface area contributed by atoms with Crippen LogP contribution in [0.4, 0.5) is 15.9 Å². The van der Waals surface area contributed by atoms with E-state index in [2.05, 4.69) is 45.9 Å². The van der Waals surface area contributed by atoms with Crippen LogP contribution in [-0.4, -0.2) is 104 Å². The molecule has 0 N–H and O–H groups in total. The summed E-state index contributed by atoms with van der Waals surface area (Å²) in [4.78, 5) is 30.9. The molecule has 3 aliphatic heterocycles. The highest BCUT2D eigenvalue weighted by Gasteiger charge is 2.30. The van der Waals surface area contributed by atoms with Crippen LogP contribution in [-0.2, 0) is 22.5 Å². The fraction of sp³-hybridized carbons (Fsp3) is 0.469. The SMILES string of the molecule is CCN1CCOC(COc2nc3c(c(N4CCN(C(=O)/C=C/CF)CC4)n2)CCN(c2cccc4cccc(Cl)c24)C3)C1. The summed E-state index contributed by atoms with van der Waals surface area (Å²) in [6, 6.07) is 12.6. The molecule has 0 saturated carbocycles. The Bertz CT molecular complexity index is 1480. The first-order valence-electron chi connectivity index (χ1n) is 15.1. The predicted molar refractivity (Wildman–Crippen MR) is 167 cm³/mol. The summed E-state index contributed by atoms with van der Waals surface area (Å²) >= 11 is 6.69. The lowest BCUT2D eigenvalue weighted by Gasteiger charge is -2.38. The molecule has 1 aromatic heterocycles. The highest BCUT2D eigenvalue weighted by Crippen LogP contribution is 2.37. The lowest BCUT2D eigenvalue weighted by atomic mass is 10.0. The number of hydrogen-bond acceptors (Lipinski definition) is 8. The van der Waals surface area contributed by atoms with E-state index in [-0.39, 0.29) is 12.0 Å². The molecule has 2 fully saturated rings. The van der Waals surface area contributed by atoms with Gasteiger partial charge in [0.15, 0.2) is 0 Å². The van der Waals surface area contributed by atoms with Gasteiger partial charge in [0, 0.05) is 68.5 Å². The summed E-state index contributed by atoms with van der Waals surface area (Å²) in [7, 11) is 0. The number of allylic oxidation sites excluding steroid dienone is 1. The number of morpholine rings is 1. The number of aromatic nitrogens is 2. The Labute approximate surface area is 256 Å². The van der Waals surface area contributed by atoms with E-state index >= 15 is 0 Å². The van der Waals surface area contributed by atoms with Gasteiger partial charge in [-0.05, 0) is 36.6 Å². The molecule has 1 atom stereocenters. The monoisotopic (exact) mass is 608 g/mol. The topological polar surface area (TPSA) is 74.3 Å². The molecule has 3 aromatic rings. The number of alkyl halides is 1. The van der Waals surface area contributed by atoms with Crippen LogP contribution in [0.15, 0.2) is 48.6 Å². The average Bonchev–Trinajstić information content (AvgIpc) is 3.05. The third-order valence-corrected chi connectivity index (χ3v) is 8.82. The number of halogens is 2. The van der Waals surface area contributed by atoms with Crippen molar-refractivity contribution in [2.24, 2.45) is 0 Å². The van der Waals surface area contributed by atoms with Crippen LogP contribution < -0.4 is 14.5 Å². The molecule has 3 aliphatic rings. The Morgan fingerprint density at radius 3 is 2.70 bits per heavy atom. The highest BCUT2D eigenvalue weighted by atomic mass is 35.5. The van der Waals surface area contributed by atoms with Gasteiger partial charge >= 0.3 is 6.01 Å². The second-order valence-electron chi connectivity index (χ2n) is 11.1. The molecule has 0 radical (unpaired) electrons. The summed E-state index contributed by atoms with van der Waals surface area (Å²) < 4.78 is 24.7. The zero-order chi connectivity index (χ0) is 29.8.